The van der Waals surface area contributed by atoms with E-state index in [1.54, 1.807) is 19.4 Å². The van der Waals surface area contributed by atoms with Gasteiger partial charge in [-0.1, -0.05) is 0 Å². The smallest absolute Gasteiger partial charge is 0.221 e. The molecule has 0 aliphatic heterocycles. The molecule has 0 aliphatic rings. The van der Waals surface area contributed by atoms with Gasteiger partial charge in [-0.2, -0.15) is 0 Å². The van der Waals surface area contributed by atoms with Gasteiger partial charge in [0.25, 0.3) is 0 Å². The molecule has 0 unspecified atom stereocenters. The van der Waals surface area contributed by atoms with Crippen LogP contribution in [0.1, 0.15) is 20.3 Å². The van der Waals surface area contributed by atoms with E-state index in [2.05, 4.69) is 25.9 Å². The van der Waals surface area contributed by atoms with E-state index in [-0.39, 0.29) is 11.9 Å². The third-order valence-corrected chi connectivity index (χ3v) is 2.00. The molecule has 0 aromatic carbocycles. The van der Waals surface area contributed by atoms with Gasteiger partial charge >= 0.3 is 0 Å². The van der Waals surface area contributed by atoms with Crippen LogP contribution < -0.4 is 16.0 Å². The lowest BCUT2D eigenvalue weighted by molar-refractivity contribution is -0.121. The summed E-state index contributed by atoms with van der Waals surface area (Å²) in [5.74, 6) is 1.39. The van der Waals surface area contributed by atoms with Crippen molar-refractivity contribution in [2.45, 2.75) is 26.3 Å². The summed E-state index contributed by atoms with van der Waals surface area (Å²) in [6, 6.07) is 0.176. The summed E-state index contributed by atoms with van der Waals surface area (Å²) in [7, 11) is 1.78. The molecular weight excluding hydrogens is 218 g/mol. The Morgan fingerprint density at radius 1 is 1.35 bits per heavy atom. The summed E-state index contributed by atoms with van der Waals surface area (Å²) in [4.78, 5) is 19.6. The zero-order valence-electron chi connectivity index (χ0n) is 10.4. The molecular formula is C11H19N5O. The van der Waals surface area contributed by atoms with Crippen molar-refractivity contribution in [3.8, 4) is 0 Å². The minimum Gasteiger partial charge on any atom is -0.372 e. The van der Waals surface area contributed by atoms with Crippen molar-refractivity contribution in [1.82, 2.24) is 15.3 Å². The molecule has 0 saturated carbocycles. The fourth-order valence-corrected chi connectivity index (χ4v) is 1.27. The fraction of sp³-hybridized carbons (Fsp3) is 0.545. The summed E-state index contributed by atoms with van der Waals surface area (Å²) >= 11 is 0. The average Bonchev–Trinajstić information content (AvgIpc) is 2.28. The summed E-state index contributed by atoms with van der Waals surface area (Å²) in [6.45, 7) is 4.42. The normalized spacial score (nSPS) is 10.1. The number of rotatable bonds is 6. The van der Waals surface area contributed by atoms with Gasteiger partial charge in [0.05, 0.1) is 12.4 Å². The first-order valence-electron chi connectivity index (χ1n) is 5.65. The molecule has 94 valence electrons. The van der Waals surface area contributed by atoms with E-state index < -0.39 is 0 Å². The molecule has 0 aliphatic carbocycles. The monoisotopic (exact) mass is 237 g/mol. The summed E-state index contributed by atoms with van der Waals surface area (Å²) in [5, 5.41) is 8.77. The molecule has 0 saturated heterocycles. The van der Waals surface area contributed by atoms with E-state index in [4.69, 9.17) is 0 Å². The van der Waals surface area contributed by atoms with Crippen molar-refractivity contribution < 1.29 is 4.79 Å². The van der Waals surface area contributed by atoms with Gasteiger partial charge in [0.2, 0.25) is 5.91 Å². The van der Waals surface area contributed by atoms with Crippen LogP contribution in [0.5, 0.6) is 0 Å². The van der Waals surface area contributed by atoms with Gasteiger partial charge < -0.3 is 16.0 Å². The van der Waals surface area contributed by atoms with E-state index in [1.165, 1.54) is 0 Å². The first-order valence-corrected chi connectivity index (χ1v) is 5.65. The van der Waals surface area contributed by atoms with Crippen LogP contribution in [0.3, 0.4) is 0 Å². The van der Waals surface area contributed by atoms with Crippen LogP contribution in [0, 0.1) is 0 Å². The maximum absolute atomic E-state index is 11.4. The Hall–Kier alpha value is -1.85. The number of hydrogen-bond acceptors (Lipinski definition) is 5. The van der Waals surface area contributed by atoms with Gasteiger partial charge in [0, 0.05) is 26.1 Å². The first kappa shape index (κ1) is 13.2. The zero-order chi connectivity index (χ0) is 12.7. The fourth-order valence-electron chi connectivity index (χ4n) is 1.27. The van der Waals surface area contributed by atoms with Crippen molar-refractivity contribution in [3.05, 3.63) is 12.4 Å². The summed E-state index contributed by atoms with van der Waals surface area (Å²) in [5.41, 5.74) is 0. The molecule has 1 aromatic rings. The molecule has 6 heteroatoms. The zero-order valence-corrected chi connectivity index (χ0v) is 10.4. The van der Waals surface area contributed by atoms with Crippen LogP contribution >= 0.6 is 0 Å². The third kappa shape index (κ3) is 5.14. The minimum atomic E-state index is 0.0326. The highest BCUT2D eigenvalue weighted by Gasteiger charge is 2.03. The number of hydrogen-bond donors (Lipinski definition) is 3. The first-order chi connectivity index (χ1) is 8.11. The largest absolute Gasteiger partial charge is 0.372 e. The van der Waals surface area contributed by atoms with Crippen LogP contribution in [0.25, 0.3) is 0 Å². The molecule has 0 atom stereocenters. The maximum Gasteiger partial charge on any atom is 0.221 e. The lowest BCUT2D eigenvalue weighted by atomic mass is 10.3. The molecule has 0 fully saturated rings. The maximum atomic E-state index is 11.4. The van der Waals surface area contributed by atoms with Gasteiger partial charge in [0.15, 0.2) is 0 Å². The highest BCUT2D eigenvalue weighted by molar-refractivity contribution is 5.76. The average molecular weight is 237 g/mol. The van der Waals surface area contributed by atoms with Crippen LogP contribution in [0.15, 0.2) is 12.4 Å². The second-order valence-electron chi connectivity index (χ2n) is 3.94. The standard InChI is InChI=1S/C11H19N5O/c1-8(2)15-11(17)4-5-14-10-7-13-6-9(12-3)16-10/h6-8H,4-5H2,1-3H3,(H,15,17)(H2,12,14,16). The number of carbonyl (C=O) groups excluding carboxylic acids is 1. The van der Waals surface area contributed by atoms with Gasteiger partial charge in [-0.25, -0.2) is 4.98 Å². The van der Waals surface area contributed by atoms with E-state index in [0.29, 0.717) is 24.6 Å². The lowest BCUT2D eigenvalue weighted by Crippen LogP contribution is -2.31. The Kier molecular flexibility index (Phi) is 5.19. The highest BCUT2D eigenvalue weighted by atomic mass is 16.1. The van der Waals surface area contributed by atoms with Crippen LogP contribution in [0.4, 0.5) is 11.6 Å². The predicted octanol–water partition coefficient (Wildman–Crippen LogP) is 0.845. The molecule has 0 radical (unpaired) electrons. The van der Waals surface area contributed by atoms with Crippen LogP contribution in [-0.2, 0) is 4.79 Å². The molecule has 1 rings (SSSR count). The van der Waals surface area contributed by atoms with E-state index in [0.717, 1.165) is 0 Å². The Labute approximate surface area is 101 Å². The minimum absolute atomic E-state index is 0.0326. The summed E-state index contributed by atoms with van der Waals surface area (Å²) in [6.07, 6.45) is 3.68. The van der Waals surface area contributed by atoms with Crippen LogP contribution in [-0.4, -0.2) is 35.5 Å². The Bertz CT molecular complexity index is 367. The second kappa shape index (κ2) is 6.67. The van der Waals surface area contributed by atoms with Crippen molar-refractivity contribution in [2.75, 3.05) is 24.2 Å². The number of amides is 1. The number of anilines is 2. The Balaban J connectivity index is 2.32. The number of aromatic nitrogens is 2. The molecule has 3 N–H and O–H groups in total. The molecule has 1 amide bonds. The van der Waals surface area contributed by atoms with E-state index >= 15 is 0 Å². The topological polar surface area (TPSA) is 78.9 Å². The third-order valence-electron chi connectivity index (χ3n) is 2.00. The molecule has 0 spiro atoms. The van der Waals surface area contributed by atoms with Crippen molar-refractivity contribution >= 4 is 17.5 Å². The molecule has 0 bridgehead atoms. The number of nitrogens with one attached hydrogen (secondary N) is 3. The quantitative estimate of drug-likeness (QED) is 0.683. The van der Waals surface area contributed by atoms with Gasteiger partial charge in [-0.3, -0.25) is 9.78 Å². The molecule has 17 heavy (non-hydrogen) atoms. The predicted molar refractivity (Wildman–Crippen MR) is 68.0 cm³/mol. The molecule has 1 aromatic heterocycles. The lowest BCUT2D eigenvalue weighted by Gasteiger charge is -2.09. The second-order valence-corrected chi connectivity index (χ2v) is 3.94. The number of carbonyl (C=O) groups is 1. The van der Waals surface area contributed by atoms with Crippen molar-refractivity contribution in [3.63, 3.8) is 0 Å². The molecule has 6 nitrogen and oxygen atoms in total. The van der Waals surface area contributed by atoms with Gasteiger partial charge in [-0.15, -0.1) is 0 Å². The van der Waals surface area contributed by atoms with Crippen molar-refractivity contribution in [2.24, 2.45) is 0 Å². The van der Waals surface area contributed by atoms with Gasteiger partial charge in [-0.05, 0) is 13.8 Å². The molecule has 1 heterocycles. The Morgan fingerprint density at radius 2 is 2.06 bits per heavy atom. The SMILES string of the molecule is CNc1cncc(NCCC(=O)NC(C)C)n1. The number of nitrogens with zero attached hydrogens (tertiary/aromatic N) is 2. The Morgan fingerprint density at radius 3 is 2.71 bits per heavy atom. The van der Waals surface area contributed by atoms with Crippen LogP contribution in [0.2, 0.25) is 0 Å². The van der Waals surface area contributed by atoms with E-state index in [1.807, 2.05) is 13.8 Å². The van der Waals surface area contributed by atoms with Gasteiger partial charge in [0.1, 0.15) is 11.6 Å². The van der Waals surface area contributed by atoms with Crippen molar-refractivity contribution in [1.29, 1.82) is 0 Å². The highest BCUT2D eigenvalue weighted by Crippen LogP contribution is 2.05. The van der Waals surface area contributed by atoms with E-state index in [9.17, 15) is 4.79 Å². The summed E-state index contributed by atoms with van der Waals surface area (Å²) < 4.78 is 0.